The van der Waals surface area contributed by atoms with Gasteiger partial charge >= 0.3 is 0 Å². The minimum atomic E-state index is 0.370. The Balaban J connectivity index is 1.83. The van der Waals surface area contributed by atoms with Crippen LogP contribution in [0.25, 0.3) is 0 Å². The second-order valence-corrected chi connectivity index (χ2v) is 6.56. The molecule has 0 heterocycles. The van der Waals surface area contributed by atoms with E-state index in [9.17, 15) is 0 Å². The number of benzene rings is 2. The monoisotopic (exact) mass is 331 g/mol. The Morgan fingerprint density at radius 1 is 1.04 bits per heavy atom. The van der Waals surface area contributed by atoms with Gasteiger partial charge in [0.15, 0.2) is 0 Å². The van der Waals surface area contributed by atoms with Gasteiger partial charge in [-0.1, -0.05) is 60.7 Å². The van der Waals surface area contributed by atoms with Gasteiger partial charge in [0.2, 0.25) is 0 Å². The van der Waals surface area contributed by atoms with Crippen molar-refractivity contribution in [3.63, 3.8) is 0 Å². The van der Waals surface area contributed by atoms with Gasteiger partial charge in [-0.25, -0.2) is 0 Å². The number of hydrogen-bond acceptors (Lipinski definition) is 3. The van der Waals surface area contributed by atoms with Crippen LogP contribution in [0.15, 0.2) is 83.6 Å². The van der Waals surface area contributed by atoms with Crippen molar-refractivity contribution < 1.29 is 0 Å². The first-order valence-corrected chi connectivity index (χ1v) is 8.64. The first-order valence-electron chi connectivity index (χ1n) is 8.64. The van der Waals surface area contributed by atoms with Crippen LogP contribution >= 0.6 is 0 Å². The number of nitrogens with one attached hydrogen (secondary N) is 1. The smallest absolute Gasteiger partial charge is 0.0688 e. The highest BCUT2D eigenvalue weighted by molar-refractivity contribution is 6.01. The second kappa shape index (κ2) is 7.84. The fourth-order valence-corrected chi connectivity index (χ4v) is 2.89. The first-order chi connectivity index (χ1) is 12.1. The van der Waals surface area contributed by atoms with E-state index in [0.717, 1.165) is 23.4 Å². The highest BCUT2D eigenvalue weighted by atomic mass is 15.3. The Hall–Kier alpha value is -2.81. The highest BCUT2D eigenvalue weighted by Gasteiger charge is 2.15. The normalized spacial score (nSPS) is 16.7. The zero-order chi connectivity index (χ0) is 17.6. The van der Waals surface area contributed by atoms with E-state index < -0.39 is 0 Å². The van der Waals surface area contributed by atoms with E-state index in [2.05, 4.69) is 86.0 Å². The number of nitrogens with zero attached hydrogens (tertiary/aromatic N) is 2. The number of para-hydroxylation sites is 1. The van der Waals surface area contributed by atoms with Crippen LogP contribution in [-0.4, -0.2) is 24.7 Å². The van der Waals surface area contributed by atoms with Crippen molar-refractivity contribution in [2.75, 3.05) is 19.5 Å². The summed E-state index contributed by atoms with van der Waals surface area (Å²) in [6, 6.07) is 18.6. The Labute approximate surface area is 150 Å². The van der Waals surface area contributed by atoms with E-state index >= 15 is 0 Å². The topological polar surface area (TPSA) is 27.6 Å². The summed E-state index contributed by atoms with van der Waals surface area (Å²) in [4.78, 5) is 2.14. The molecule has 3 heteroatoms. The molecule has 3 nitrogen and oxygen atoms in total. The SMILES string of the molecule is Cc1ccccc1NN=C(CC1C=CC(N(C)C)=C1)c1ccccc1. The van der Waals surface area contributed by atoms with Crippen molar-refractivity contribution in [2.45, 2.75) is 13.3 Å². The van der Waals surface area contributed by atoms with Crippen LogP contribution in [0.1, 0.15) is 17.5 Å². The summed E-state index contributed by atoms with van der Waals surface area (Å²) in [6.45, 7) is 2.09. The minimum absolute atomic E-state index is 0.370. The summed E-state index contributed by atoms with van der Waals surface area (Å²) < 4.78 is 0. The number of hydrazone groups is 1. The Kier molecular flexibility index (Phi) is 5.34. The van der Waals surface area contributed by atoms with E-state index in [1.165, 1.54) is 11.3 Å². The summed E-state index contributed by atoms with van der Waals surface area (Å²) in [5, 5.41) is 4.75. The van der Waals surface area contributed by atoms with Crippen LogP contribution < -0.4 is 5.43 Å². The van der Waals surface area contributed by atoms with E-state index in [0.29, 0.717) is 5.92 Å². The van der Waals surface area contributed by atoms with Crippen molar-refractivity contribution in [3.05, 3.63) is 89.6 Å². The molecule has 0 spiro atoms. The van der Waals surface area contributed by atoms with Crippen LogP contribution in [0.5, 0.6) is 0 Å². The quantitative estimate of drug-likeness (QED) is 0.606. The average Bonchev–Trinajstić information content (AvgIpc) is 3.09. The van der Waals surface area contributed by atoms with Crippen LogP contribution in [0.4, 0.5) is 5.69 Å². The number of allylic oxidation sites excluding steroid dienone is 3. The third-order valence-electron chi connectivity index (χ3n) is 4.41. The molecule has 1 unspecified atom stereocenters. The largest absolute Gasteiger partial charge is 0.378 e. The van der Waals surface area contributed by atoms with Crippen LogP contribution in [0.3, 0.4) is 0 Å². The predicted octanol–water partition coefficient (Wildman–Crippen LogP) is 4.83. The summed E-state index contributed by atoms with van der Waals surface area (Å²) in [6.07, 6.45) is 7.60. The molecule has 25 heavy (non-hydrogen) atoms. The van der Waals surface area contributed by atoms with Gasteiger partial charge in [0.25, 0.3) is 0 Å². The van der Waals surface area contributed by atoms with Crippen LogP contribution in [0.2, 0.25) is 0 Å². The molecule has 128 valence electrons. The molecule has 0 amide bonds. The molecule has 0 aliphatic heterocycles. The Morgan fingerprint density at radius 2 is 1.76 bits per heavy atom. The van der Waals surface area contributed by atoms with Gasteiger partial charge in [0.05, 0.1) is 11.4 Å². The highest BCUT2D eigenvalue weighted by Crippen LogP contribution is 2.23. The zero-order valence-electron chi connectivity index (χ0n) is 15.1. The maximum absolute atomic E-state index is 4.75. The lowest BCUT2D eigenvalue weighted by Crippen LogP contribution is -2.10. The molecule has 3 rings (SSSR count). The molecular formula is C22H25N3. The molecule has 0 fully saturated rings. The van der Waals surface area contributed by atoms with Crippen molar-refractivity contribution in [2.24, 2.45) is 11.0 Å². The molecule has 0 saturated carbocycles. The standard InChI is InChI=1S/C22H25N3/c1-17-9-7-8-12-21(17)23-24-22(19-10-5-4-6-11-19)16-18-13-14-20(15-18)25(2)3/h4-15,18,23H,16H2,1-3H3. The molecule has 2 aromatic carbocycles. The second-order valence-electron chi connectivity index (χ2n) is 6.56. The summed E-state index contributed by atoms with van der Waals surface area (Å²) >= 11 is 0. The molecule has 1 N–H and O–H groups in total. The van der Waals surface area contributed by atoms with Crippen molar-refractivity contribution in [1.29, 1.82) is 0 Å². The van der Waals surface area contributed by atoms with E-state index in [1.807, 2.05) is 18.2 Å². The number of rotatable bonds is 6. The molecule has 2 aromatic rings. The maximum Gasteiger partial charge on any atom is 0.0688 e. The zero-order valence-corrected chi connectivity index (χ0v) is 15.1. The number of hydrogen-bond donors (Lipinski definition) is 1. The molecule has 0 radical (unpaired) electrons. The van der Waals surface area contributed by atoms with Gasteiger partial charge in [-0.2, -0.15) is 5.10 Å². The molecule has 0 bridgehead atoms. The number of likely N-dealkylation sites (N-methyl/N-ethyl adjacent to an activating group) is 1. The minimum Gasteiger partial charge on any atom is -0.378 e. The van der Waals surface area contributed by atoms with E-state index in [-0.39, 0.29) is 0 Å². The Morgan fingerprint density at radius 3 is 2.44 bits per heavy atom. The molecular weight excluding hydrogens is 306 g/mol. The van der Waals surface area contributed by atoms with E-state index in [4.69, 9.17) is 5.10 Å². The van der Waals surface area contributed by atoms with Crippen LogP contribution in [-0.2, 0) is 0 Å². The molecule has 0 aromatic heterocycles. The average molecular weight is 331 g/mol. The van der Waals surface area contributed by atoms with Gasteiger partial charge in [0.1, 0.15) is 0 Å². The Bertz CT molecular complexity index is 801. The third kappa shape index (κ3) is 4.38. The lowest BCUT2D eigenvalue weighted by atomic mass is 9.98. The summed E-state index contributed by atoms with van der Waals surface area (Å²) in [7, 11) is 4.15. The van der Waals surface area contributed by atoms with Crippen molar-refractivity contribution in [3.8, 4) is 0 Å². The van der Waals surface area contributed by atoms with Crippen LogP contribution in [0, 0.1) is 12.8 Å². The molecule has 1 aliphatic rings. The van der Waals surface area contributed by atoms with Gasteiger partial charge in [-0.3, -0.25) is 5.43 Å². The third-order valence-corrected chi connectivity index (χ3v) is 4.41. The number of aryl methyl sites for hydroxylation is 1. The fraction of sp³-hybridized carbons (Fsp3) is 0.227. The van der Waals surface area contributed by atoms with Gasteiger partial charge in [0, 0.05) is 32.1 Å². The molecule has 1 atom stereocenters. The fourth-order valence-electron chi connectivity index (χ4n) is 2.89. The maximum atomic E-state index is 4.75. The lowest BCUT2D eigenvalue weighted by Gasteiger charge is -2.13. The van der Waals surface area contributed by atoms with Crippen molar-refractivity contribution >= 4 is 11.4 Å². The number of anilines is 1. The van der Waals surface area contributed by atoms with Gasteiger partial charge in [-0.15, -0.1) is 0 Å². The lowest BCUT2D eigenvalue weighted by molar-refractivity contribution is 0.529. The summed E-state index contributed by atoms with van der Waals surface area (Å²) in [5.74, 6) is 0.370. The van der Waals surface area contributed by atoms with Crippen molar-refractivity contribution in [1.82, 2.24) is 4.90 Å². The van der Waals surface area contributed by atoms with Gasteiger partial charge in [-0.05, 0) is 30.2 Å². The van der Waals surface area contributed by atoms with Gasteiger partial charge < -0.3 is 4.90 Å². The first kappa shape index (κ1) is 17.0. The molecule has 0 saturated heterocycles. The predicted molar refractivity (Wildman–Crippen MR) is 107 cm³/mol. The molecule has 1 aliphatic carbocycles. The summed E-state index contributed by atoms with van der Waals surface area (Å²) in [5.41, 5.74) is 8.96. The van der Waals surface area contributed by atoms with E-state index in [1.54, 1.807) is 0 Å².